The minimum absolute atomic E-state index is 0.181. The summed E-state index contributed by atoms with van der Waals surface area (Å²) < 4.78 is 37.6. The molecule has 0 spiro atoms. The summed E-state index contributed by atoms with van der Waals surface area (Å²) in [5.41, 5.74) is 0.547. The molecule has 0 radical (unpaired) electrons. The Hall–Kier alpha value is -2.52. The van der Waals surface area contributed by atoms with E-state index in [1.807, 2.05) is 0 Å². The molecule has 4 rings (SSSR count). The Bertz CT molecular complexity index is 962. The Kier molecular flexibility index (Phi) is 4.10. The zero-order valence-corrected chi connectivity index (χ0v) is 14.1. The van der Waals surface area contributed by atoms with Crippen molar-refractivity contribution in [2.24, 2.45) is 5.92 Å². The molecular formula is C16H16N4O4S. The number of sulfonamides is 1. The fourth-order valence-electron chi connectivity index (χ4n) is 2.36. The molecule has 3 aromatic rings. The van der Waals surface area contributed by atoms with E-state index in [-0.39, 0.29) is 10.8 Å². The first-order valence-electron chi connectivity index (χ1n) is 7.92. The van der Waals surface area contributed by atoms with Crippen LogP contribution in [0.25, 0.3) is 11.5 Å². The van der Waals surface area contributed by atoms with Gasteiger partial charge in [-0.2, -0.15) is 4.98 Å². The molecule has 25 heavy (non-hydrogen) atoms. The standard InChI is InChI=1S/C16H16N4O4S/c21-25(22,18-10-11-4-5-11)14-3-1-2-12(8-14)16-19-15(20-24-16)9-13-6-7-17-23-13/h1-3,6-8,11,18H,4-5,9-10H2. The number of nitrogens with one attached hydrogen (secondary N) is 1. The third-order valence-electron chi connectivity index (χ3n) is 3.94. The molecule has 8 nitrogen and oxygen atoms in total. The lowest BCUT2D eigenvalue weighted by Gasteiger charge is -2.06. The summed E-state index contributed by atoms with van der Waals surface area (Å²) in [5.74, 6) is 1.78. The van der Waals surface area contributed by atoms with Gasteiger partial charge in [-0.15, -0.1) is 0 Å². The molecule has 1 aliphatic carbocycles. The van der Waals surface area contributed by atoms with E-state index >= 15 is 0 Å². The largest absolute Gasteiger partial charge is 0.361 e. The number of benzene rings is 1. The van der Waals surface area contributed by atoms with Gasteiger partial charge in [0.2, 0.25) is 10.0 Å². The van der Waals surface area contributed by atoms with Crippen molar-refractivity contribution >= 4 is 10.0 Å². The summed E-state index contributed by atoms with van der Waals surface area (Å²) >= 11 is 0. The Morgan fingerprint density at radius 2 is 2.08 bits per heavy atom. The fourth-order valence-corrected chi connectivity index (χ4v) is 3.52. The van der Waals surface area contributed by atoms with Crippen LogP contribution in [0.1, 0.15) is 24.4 Å². The lowest BCUT2D eigenvalue weighted by molar-refractivity contribution is 0.382. The zero-order chi connectivity index (χ0) is 17.3. The Morgan fingerprint density at radius 3 is 2.84 bits per heavy atom. The van der Waals surface area contributed by atoms with Gasteiger partial charge in [0.05, 0.1) is 17.5 Å². The van der Waals surface area contributed by atoms with E-state index in [0.717, 1.165) is 12.8 Å². The van der Waals surface area contributed by atoms with Crippen LogP contribution < -0.4 is 4.72 Å². The highest BCUT2D eigenvalue weighted by Crippen LogP contribution is 2.28. The molecule has 2 aromatic heterocycles. The number of nitrogens with zero attached hydrogens (tertiary/aromatic N) is 3. The van der Waals surface area contributed by atoms with E-state index in [4.69, 9.17) is 9.05 Å². The fraction of sp³-hybridized carbons (Fsp3) is 0.312. The number of hydrogen-bond acceptors (Lipinski definition) is 7. The smallest absolute Gasteiger partial charge is 0.257 e. The average Bonchev–Trinajstić information content (AvgIpc) is 3.09. The van der Waals surface area contributed by atoms with Crippen molar-refractivity contribution in [3.05, 3.63) is 48.1 Å². The molecule has 0 bridgehead atoms. The minimum Gasteiger partial charge on any atom is -0.361 e. The van der Waals surface area contributed by atoms with E-state index in [0.29, 0.717) is 36.0 Å². The highest BCUT2D eigenvalue weighted by molar-refractivity contribution is 7.89. The molecule has 1 fully saturated rings. The summed E-state index contributed by atoms with van der Waals surface area (Å²) in [5, 5.41) is 7.51. The van der Waals surface area contributed by atoms with Gasteiger partial charge in [0.1, 0.15) is 5.76 Å². The van der Waals surface area contributed by atoms with Crippen LogP contribution in [0.5, 0.6) is 0 Å². The third kappa shape index (κ3) is 3.77. The topological polar surface area (TPSA) is 111 Å². The van der Waals surface area contributed by atoms with Crippen molar-refractivity contribution in [3.63, 3.8) is 0 Å². The van der Waals surface area contributed by atoms with Gasteiger partial charge in [0.25, 0.3) is 5.89 Å². The third-order valence-corrected chi connectivity index (χ3v) is 5.36. The lowest BCUT2D eigenvalue weighted by atomic mass is 10.2. The maximum absolute atomic E-state index is 12.4. The van der Waals surface area contributed by atoms with Gasteiger partial charge in [-0.25, -0.2) is 13.1 Å². The van der Waals surface area contributed by atoms with Gasteiger partial charge in [-0.05, 0) is 37.0 Å². The van der Waals surface area contributed by atoms with E-state index in [1.54, 1.807) is 30.5 Å². The van der Waals surface area contributed by atoms with Crippen molar-refractivity contribution in [1.29, 1.82) is 0 Å². The summed E-state index contributed by atoms with van der Waals surface area (Å²) in [6.45, 7) is 0.481. The van der Waals surface area contributed by atoms with Crippen LogP contribution in [0.15, 0.2) is 50.5 Å². The van der Waals surface area contributed by atoms with Crippen molar-refractivity contribution in [2.45, 2.75) is 24.2 Å². The Morgan fingerprint density at radius 1 is 1.20 bits per heavy atom. The van der Waals surface area contributed by atoms with Crippen molar-refractivity contribution in [2.75, 3.05) is 6.54 Å². The quantitative estimate of drug-likeness (QED) is 0.686. The van der Waals surface area contributed by atoms with Crippen molar-refractivity contribution in [3.8, 4) is 11.5 Å². The number of aromatic nitrogens is 3. The molecule has 1 N–H and O–H groups in total. The number of rotatable bonds is 7. The monoisotopic (exact) mass is 360 g/mol. The Balaban J connectivity index is 1.53. The van der Waals surface area contributed by atoms with Crippen LogP contribution >= 0.6 is 0 Å². The van der Waals surface area contributed by atoms with Crippen LogP contribution in [0.4, 0.5) is 0 Å². The second kappa shape index (κ2) is 6.41. The van der Waals surface area contributed by atoms with E-state index in [2.05, 4.69) is 20.0 Å². The van der Waals surface area contributed by atoms with Crippen LogP contribution in [0.3, 0.4) is 0 Å². The van der Waals surface area contributed by atoms with Gasteiger partial charge in [-0.1, -0.05) is 16.4 Å². The van der Waals surface area contributed by atoms with E-state index < -0.39 is 10.0 Å². The summed E-state index contributed by atoms with van der Waals surface area (Å²) in [7, 11) is -3.54. The molecule has 1 saturated carbocycles. The van der Waals surface area contributed by atoms with Crippen LogP contribution in [-0.2, 0) is 16.4 Å². The first-order chi connectivity index (χ1) is 12.1. The summed E-state index contributed by atoms with van der Waals surface area (Å²) in [6.07, 6.45) is 4.06. The van der Waals surface area contributed by atoms with Gasteiger partial charge in [0.15, 0.2) is 5.82 Å². The average molecular weight is 360 g/mol. The van der Waals surface area contributed by atoms with E-state index in [1.165, 1.54) is 6.07 Å². The molecule has 0 saturated heterocycles. The highest BCUT2D eigenvalue weighted by atomic mass is 32.2. The normalized spacial score (nSPS) is 14.7. The van der Waals surface area contributed by atoms with Gasteiger partial charge in [-0.3, -0.25) is 0 Å². The molecule has 1 aliphatic rings. The SMILES string of the molecule is O=S(=O)(NCC1CC1)c1cccc(-c2nc(Cc3ccno3)no2)c1. The maximum Gasteiger partial charge on any atom is 0.257 e. The van der Waals surface area contributed by atoms with Crippen LogP contribution in [-0.4, -0.2) is 30.3 Å². The highest BCUT2D eigenvalue weighted by Gasteiger charge is 2.24. The van der Waals surface area contributed by atoms with E-state index in [9.17, 15) is 8.42 Å². The molecule has 1 aromatic carbocycles. The van der Waals surface area contributed by atoms with Gasteiger partial charge < -0.3 is 9.05 Å². The van der Waals surface area contributed by atoms with Crippen LogP contribution in [0, 0.1) is 5.92 Å². The molecule has 9 heteroatoms. The predicted octanol–water partition coefficient (Wildman–Crippen LogP) is 2.00. The zero-order valence-electron chi connectivity index (χ0n) is 13.3. The minimum atomic E-state index is -3.54. The molecule has 0 unspecified atom stereocenters. The van der Waals surface area contributed by atoms with Crippen molar-refractivity contribution in [1.82, 2.24) is 20.0 Å². The molecule has 0 atom stereocenters. The Labute approximate surface area is 144 Å². The summed E-state index contributed by atoms with van der Waals surface area (Å²) in [4.78, 5) is 4.46. The first-order valence-corrected chi connectivity index (χ1v) is 9.41. The molecular weight excluding hydrogens is 344 g/mol. The van der Waals surface area contributed by atoms with Gasteiger partial charge >= 0.3 is 0 Å². The predicted molar refractivity (Wildman–Crippen MR) is 87.0 cm³/mol. The molecule has 0 aliphatic heterocycles. The van der Waals surface area contributed by atoms with Crippen LogP contribution in [0.2, 0.25) is 0 Å². The maximum atomic E-state index is 12.4. The lowest BCUT2D eigenvalue weighted by Crippen LogP contribution is -2.25. The molecule has 0 amide bonds. The molecule has 2 heterocycles. The second-order valence-corrected chi connectivity index (χ2v) is 7.76. The van der Waals surface area contributed by atoms with Gasteiger partial charge in [0, 0.05) is 18.2 Å². The molecule has 130 valence electrons. The number of hydrogen-bond donors (Lipinski definition) is 1. The van der Waals surface area contributed by atoms with Crippen molar-refractivity contribution < 1.29 is 17.5 Å². The second-order valence-electron chi connectivity index (χ2n) is 5.99. The summed E-state index contributed by atoms with van der Waals surface area (Å²) in [6, 6.07) is 8.17. The first kappa shape index (κ1) is 16.0.